The third kappa shape index (κ3) is 3.44. The molecule has 0 aliphatic rings. The van der Waals surface area contributed by atoms with E-state index in [9.17, 15) is 0 Å². The zero-order chi connectivity index (χ0) is 13.8. The van der Waals surface area contributed by atoms with Crippen LogP contribution in [0.25, 0.3) is 0 Å². The zero-order valence-electron chi connectivity index (χ0n) is 12.2. The molecule has 19 heavy (non-hydrogen) atoms. The summed E-state index contributed by atoms with van der Waals surface area (Å²) in [6.07, 6.45) is 2.04. The zero-order valence-corrected chi connectivity index (χ0v) is 12.2. The van der Waals surface area contributed by atoms with Crippen LogP contribution in [0, 0.1) is 6.92 Å². The first-order chi connectivity index (χ1) is 9.08. The van der Waals surface area contributed by atoms with Crippen molar-refractivity contribution in [1.29, 1.82) is 0 Å². The largest absolute Gasteiger partial charge is 0.304 e. The Hall–Kier alpha value is -1.61. The molecule has 1 aromatic carbocycles. The Morgan fingerprint density at radius 2 is 1.89 bits per heavy atom. The summed E-state index contributed by atoms with van der Waals surface area (Å²) in [5.74, 6) is 0. The Morgan fingerprint density at radius 3 is 2.53 bits per heavy atom. The molecule has 1 aromatic heterocycles. The molecule has 3 nitrogen and oxygen atoms in total. The van der Waals surface area contributed by atoms with Gasteiger partial charge in [-0.3, -0.25) is 4.68 Å². The van der Waals surface area contributed by atoms with Crippen molar-refractivity contribution in [2.24, 2.45) is 0 Å². The molecule has 0 radical (unpaired) electrons. The molecule has 0 fully saturated rings. The molecule has 0 aliphatic heterocycles. The van der Waals surface area contributed by atoms with E-state index < -0.39 is 0 Å². The lowest BCUT2D eigenvalue weighted by molar-refractivity contribution is 0.511. The fourth-order valence-corrected chi connectivity index (χ4v) is 2.20. The van der Waals surface area contributed by atoms with Gasteiger partial charge in [0.2, 0.25) is 0 Å². The summed E-state index contributed by atoms with van der Waals surface area (Å²) in [4.78, 5) is 0. The van der Waals surface area contributed by atoms with Gasteiger partial charge in [0.15, 0.2) is 0 Å². The highest BCUT2D eigenvalue weighted by Gasteiger charge is 2.08. The molecule has 0 unspecified atom stereocenters. The van der Waals surface area contributed by atoms with Crippen molar-refractivity contribution in [3.8, 4) is 0 Å². The first-order valence-electron chi connectivity index (χ1n) is 6.91. The van der Waals surface area contributed by atoms with Crippen LogP contribution < -0.4 is 5.32 Å². The predicted molar refractivity (Wildman–Crippen MR) is 79.0 cm³/mol. The van der Waals surface area contributed by atoms with E-state index in [-0.39, 0.29) is 0 Å². The van der Waals surface area contributed by atoms with Crippen LogP contribution in [0.4, 0.5) is 0 Å². The minimum Gasteiger partial charge on any atom is -0.304 e. The van der Waals surface area contributed by atoms with E-state index in [2.05, 4.69) is 68.4 Å². The van der Waals surface area contributed by atoms with Gasteiger partial charge in [-0.05, 0) is 44.9 Å². The van der Waals surface area contributed by atoms with Gasteiger partial charge >= 0.3 is 0 Å². The van der Waals surface area contributed by atoms with Crippen LogP contribution >= 0.6 is 0 Å². The van der Waals surface area contributed by atoms with Crippen LogP contribution in [0.1, 0.15) is 49.7 Å². The molecule has 0 spiro atoms. The smallest absolute Gasteiger partial charge is 0.0762 e. The summed E-state index contributed by atoms with van der Waals surface area (Å²) >= 11 is 0. The van der Waals surface area contributed by atoms with Crippen molar-refractivity contribution in [1.82, 2.24) is 15.1 Å². The van der Waals surface area contributed by atoms with Gasteiger partial charge in [0.05, 0.1) is 5.69 Å². The third-order valence-corrected chi connectivity index (χ3v) is 3.44. The van der Waals surface area contributed by atoms with Gasteiger partial charge in [-0.25, -0.2) is 0 Å². The second-order valence-electron chi connectivity index (χ2n) is 5.34. The second-order valence-corrected chi connectivity index (χ2v) is 5.34. The summed E-state index contributed by atoms with van der Waals surface area (Å²) < 4.78 is 2.00. The molecule has 0 amide bonds. The lowest BCUT2D eigenvalue weighted by atomic mass is 10.0. The predicted octanol–water partition coefficient (Wildman–Crippen LogP) is 3.62. The Labute approximate surface area is 115 Å². The molecule has 102 valence electrons. The molecule has 0 bridgehead atoms. The number of aryl methyl sites for hydroxylation is 1. The number of nitrogens with one attached hydrogen (secondary N) is 1. The van der Waals surface area contributed by atoms with Gasteiger partial charge in [-0.2, -0.15) is 5.10 Å². The normalized spacial score (nSPS) is 12.9. The van der Waals surface area contributed by atoms with Crippen molar-refractivity contribution >= 4 is 0 Å². The van der Waals surface area contributed by atoms with Crippen LogP contribution in [-0.2, 0) is 6.54 Å². The van der Waals surface area contributed by atoms with E-state index in [0.29, 0.717) is 12.1 Å². The van der Waals surface area contributed by atoms with Crippen molar-refractivity contribution in [2.75, 3.05) is 0 Å². The van der Waals surface area contributed by atoms with Gasteiger partial charge in [0.1, 0.15) is 0 Å². The van der Waals surface area contributed by atoms with Crippen molar-refractivity contribution in [2.45, 2.75) is 46.3 Å². The van der Waals surface area contributed by atoms with E-state index in [1.807, 2.05) is 10.9 Å². The summed E-state index contributed by atoms with van der Waals surface area (Å²) in [7, 11) is 0. The standard InChI is InChI=1S/C16H23N3/c1-12(2)19-10-9-15(18-19)11-17-14(4)16-8-6-5-7-13(16)3/h5-10,12,14,17H,11H2,1-4H3/t14-/m1/s1. The highest BCUT2D eigenvalue weighted by Crippen LogP contribution is 2.17. The van der Waals surface area contributed by atoms with Crippen molar-refractivity contribution < 1.29 is 0 Å². The number of hydrogen-bond donors (Lipinski definition) is 1. The number of nitrogens with zero attached hydrogens (tertiary/aromatic N) is 2. The van der Waals surface area contributed by atoms with Crippen LogP contribution in [-0.4, -0.2) is 9.78 Å². The van der Waals surface area contributed by atoms with E-state index in [0.717, 1.165) is 12.2 Å². The average molecular weight is 257 g/mol. The second kappa shape index (κ2) is 6.02. The highest BCUT2D eigenvalue weighted by molar-refractivity contribution is 5.28. The summed E-state index contributed by atoms with van der Waals surface area (Å²) in [5, 5.41) is 8.08. The Kier molecular flexibility index (Phi) is 4.38. The summed E-state index contributed by atoms with van der Waals surface area (Å²) in [6, 6.07) is 11.3. The molecular formula is C16H23N3. The quantitative estimate of drug-likeness (QED) is 0.886. The van der Waals surface area contributed by atoms with E-state index in [1.165, 1.54) is 11.1 Å². The molecule has 1 N–H and O–H groups in total. The third-order valence-electron chi connectivity index (χ3n) is 3.44. The van der Waals surface area contributed by atoms with Crippen LogP contribution in [0.2, 0.25) is 0 Å². The maximum absolute atomic E-state index is 4.55. The SMILES string of the molecule is Cc1ccccc1[C@@H](C)NCc1ccn(C(C)C)n1. The maximum Gasteiger partial charge on any atom is 0.0762 e. The average Bonchev–Trinajstić information content (AvgIpc) is 2.85. The first-order valence-corrected chi connectivity index (χ1v) is 6.91. The molecule has 1 heterocycles. The van der Waals surface area contributed by atoms with Crippen molar-refractivity contribution in [3.05, 3.63) is 53.3 Å². The molecule has 2 aromatic rings. The number of hydrogen-bond acceptors (Lipinski definition) is 2. The van der Waals surface area contributed by atoms with Gasteiger partial charge in [0, 0.05) is 24.8 Å². The number of benzene rings is 1. The summed E-state index contributed by atoms with van der Waals surface area (Å²) in [6.45, 7) is 9.43. The van der Waals surface area contributed by atoms with Gasteiger partial charge < -0.3 is 5.32 Å². The molecular weight excluding hydrogens is 234 g/mol. The highest BCUT2D eigenvalue weighted by atomic mass is 15.3. The Morgan fingerprint density at radius 1 is 1.16 bits per heavy atom. The first kappa shape index (κ1) is 13.8. The number of rotatable bonds is 5. The number of aromatic nitrogens is 2. The van der Waals surface area contributed by atoms with Crippen molar-refractivity contribution in [3.63, 3.8) is 0 Å². The monoisotopic (exact) mass is 257 g/mol. The lowest BCUT2D eigenvalue weighted by Gasteiger charge is -2.15. The van der Waals surface area contributed by atoms with Crippen LogP contribution in [0.3, 0.4) is 0 Å². The summed E-state index contributed by atoms with van der Waals surface area (Å²) in [5.41, 5.74) is 3.77. The molecule has 0 saturated carbocycles. The minimum absolute atomic E-state index is 0.338. The van der Waals surface area contributed by atoms with E-state index in [4.69, 9.17) is 0 Å². The molecule has 0 saturated heterocycles. The van der Waals surface area contributed by atoms with E-state index >= 15 is 0 Å². The molecule has 2 rings (SSSR count). The molecule has 1 atom stereocenters. The molecule has 0 aliphatic carbocycles. The van der Waals surface area contributed by atoms with Crippen LogP contribution in [0.5, 0.6) is 0 Å². The maximum atomic E-state index is 4.55. The van der Waals surface area contributed by atoms with Gasteiger partial charge in [-0.1, -0.05) is 24.3 Å². The fourth-order valence-electron chi connectivity index (χ4n) is 2.20. The lowest BCUT2D eigenvalue weighted by Crippen LogP contribution is -2.19. The Balaban J connectivity index is 1.96. The van der Waals surface area contributed by atoms with Gasteiger partial charge in [-0.15, -0.1) is 0 Å². The Bertz CT molecular complexity index is 528. The van der Waals surface area contributed by atoms with Gasteiger partial charge in [0.25, 0.3) is 0 Å². The van der Waals surface area contributed by atoms with E-state index in [1.54, 1.807) is 0 Å². The molecule has 3 heteroatoms. The fraction of sp³-hybridized carbons (Fsp3) is 0.438. The topological polar surface area (TPSA) is 29.9 Å². The minimum atomic E-state index is 0.338. The van der Waals surface area contributed by atoms with Crippen LogP contribution in [0.15, 0.2) is 36.5 Å².